The number of nitrogens with zero attached hydrogens (tertiary/aromatic N) is 3. The molecule has 6 rings (SSSR count). The number of fused-ring (bicyclic) bond motifs is 3. The van der Waals surface area contributed by atoms with Crippen LogP contribution in [-0.2, 0) is 12.7 Å². The van der Waals surface area contributed by atoms with E-state index in [1.54, 1.807) is 6.07 Å². The van der Waals surface area contributed by atoms with Crippen molar-refractivity contribution < 1.29 is 17.9 Å². The number of rotatable bonds is 8. The monoisotopic (exact) mass is 566 g/mol. The molecule has 5 nitrogen and oxygen atoms in total. The molecule has 2 aliphatic heterocycles. The van der Waals surface area contributed by atoms with Crippen molar-refractivity contribution in [3.63, 3.8) is 0 Å². The highest BCUT2D eigenvalue weighted by molar-refractivity contribution is 6.30. The predicted molar refractivity (Wildman–Crippen MR) is 152 cm³/mol. The van der Waals surface area contributed by atoms with Crippen LogP contribution in [-0.4, -0.2) is 53.1 Å². The van der Waals surface area contributed by atoms with Crippen LogP contribution >= 0.6 is 11.6 Å². The SMILES string of the molecule is Cc1cc(Nc2cc(OCCN3C[C@H]4C[C@@H]3CN4Cc3cccc(Cl)c3)cc(C(F)(F)F)c2)c2ccccc2n1. The van der Waals surface area contributed by atoms with E-state index in [1.807, 2.05) is 55.5 Å². The Labute approximate surface area is 236 Å². The Bertz CT molecular complexity index is 1530. The van der Waals surface area contributed by atoms with Crippen molar-refractivity contribution >= 4 is 33.9 Å². The second kappa shape index (κ2) is 10.9. The summed E-state index contributed by atoms with van der Waals surface area (Å²) in [6.07, 6.45) is -3.40. The van der Waals surface area contributed by atoms with Crippen LogP contribution in [0.5, 0.6) is 5.75 Å². The van der Waals surface area contributed by atoms with Crippen LogP contribution < -0.4 is 10.1 Å². The van der Waals surface area contributed by atoms with E-state index < -0.39 is 11.7 Å². The quantitative estimate of drug-likeness (QED) is 0.242. The molecule has 0 aliphatic carbocycles. The standard InChI is InChI=1S/C31H30ClF3N4O/c1-20-11-30(28-7-2-3-8-29(28)36-20)37-24-13-22(31(33,34)35)14-27(15-24)40-10-9-38-18-26-16-25(38)19-39(26)17-21-5-4-6-23(32)12-21/h2-8,11-15,25-26H,9-10,16-19H2,1H3,(H,36,37)/t25-,26-/m1/s1. The normalized spacial score (nSPS) is 19.4. The molecule has 2 atom stereocenters. The lowest BCUT2D eigenvalue weighted by Gasteiger charge is -2.34. The fourth-order valence-electron chi connectivity index (χ4n) is 5.93. The van der Waals surface area contributed by atoms with Gasteiger partial charge in [0.2, 0.25) is 0 Å². The summed E-state index contributed by atoms with van der Waals surface area (Å²) in [5.74, 6) is 0.194. The van der Waals surface area contributed by atoms with E-state index in [2.05, 4.69) is 26.2 Å². The van der Waals surface area contributed by atoms with Crippen LogP contribution in [0.3, 0.4) is 0 Å². The van der Waals surface area contributed by atoms with Crippen LogP contribution in [0.1, 0.15) is 23.2 Å². The molecule has 2 aliphatic rings. The van der Waals surface area contributed by atoms with E-state index >= 15 is 0 Å². The first-order chi connectivity index (χ1) is 19.2. The molecule has 0 unspecified atom stereocenters. The zero-order valence-electron chi connectivity index (χ0n) is 22.1. The van der Waals surface area contributed by atoms with E-state index in [0.717, 1.165) is 59.8 Å². The number of nitrogens with one attached hydrogen (secondary N) is 1. The summed E-state index contributed by atoms with van der Waals surface area (Å²) in [6.45, 7) is 5.61. The minimum absolute atomic E-state index is 0.194. The maximum atomic E-state index is 13.8. The fourth-order valence-corrected chi connectivity index (χ4v) is 6.15. The molecular weight excluding hydrogens is 537 g/mol. The molecular formula is C31H30ClF3N4O. The van der Waals surface area contributed by atoms with Gasteiger partial charge in [0.25, 0.3) is 0 Å². The number of anilines is 2. The van der Waals surface area contributed by atoms with E-state index in [-0.39, 0.29) is 5.75 Å². The van der Waals surface area contributed by atoms with Gasteiger partial charge in [-0.25, -0.2) is 0 Å². The van der Waals surface area contributed by atoms with Gasteiger partial charge < -0.3 is 10.1 Å². The third-order valence-electron chi connectivity index (χ3n) is 7.75. The number of aryl methyl sites for hydroxylation is 1. The minimum Gasteiger partial charge on any atom is -0.492 e. The van der Waals surface area contributed by atoms with Gasteiger partial charge >= 0.3 is 6.18 Å². The second-order valence-electron chi connectivity index (χ2n) is 10.6. The molecule has 0 radical (unpaired) electrons. The molecule has 0 spiro atoms. The van der Waals surface area contributed by atoms with Gasteiger partial charge in [-0.05, 0) is 55.3 Å². The number of alkyl halides is 3. The summed E-state index contributed by atoms with van der Waals surface area (Å²) >= 11 is 6.14. The molecule has 4 aromatic rings. The Balaban J connectivity index is 1.11. The zero-order chi connectivity index (χ0) is 27.9. The molecule has 9 heteroatoms. The maximum Gasteiger partial charge on any atom is 0.416 e. The van der Waals surface area contributed by atoms with Gasteiger partial charge in [0, 0.05) is 71.8 Å². The van der Waals surface area contributed by atoms with Gasteiger partial charge in [-0.3, -0.25) is 14.8 Å². The number of ether oxygens (including phenoxy) is 1. The van der Waals surface area contributed by atoms with Gasteiger partial charge in [-0.2, -0.15) is 13.2 Å². The van der Waals surface area contributed by atoms with Crippen molar-refractivity contribution in [1.82, 2.24) is 14.8 Å². The van der Waals surface area contributed by atoms with E-state index in [4.69, 9.17) is 16.3 Å². The summed E-state index contributed by atoms with van der Waals surface area (Å²) < 4.78 is 47.2. The number of aromatic nitrogens is 1. The van der Waals surface area contributed by atoms with E-state index in [9.17, 15) is 13.2 Å². The van der Waals surface area contributed by atoms with Gasteiger partial charge in [0.05, 0.1) is 11.1 Å². The molecule has 3 aromatic carbocycles. The Kier molecular flexibility index (Phi) is 7.33. The van der Waals surface area contributed by atoms with Crippen molar-refractivity contribution in [2.24, 2.45) is 0 Å². The fraction of sp³-hybridized carbons (Fsp3) is 0.323. The Morgan fingerprint density at radius 1 is 0.975 bits per heavy atom. The molecule has 2 saturated heterocycles. The number of hydrogen-bond acceptors (Lipinski definition) is 5. The molecule has 40 heavy (non-hydrogen) atoms. The largest absolute Gasteiger partial charge is 0.492 e. The van der Waals surface area contributed by atoms with Gasteiger partial charge in [-0.15, -0.1) is 0 Å². The summed E-state index contributed by atoms with van der Waals surface area (Å²) in [6, 6.07) is 22.1. The predicted octanol–water partition coefficient (Wildman–Crippen LogP) is 7.30. The average molecular weight is 567 g/mol. The lowest BCUT2D eigenvalue weighted by molar-refractivity contribution is -0.137. The summed E-state index contributed by atoms with van der Waals surface area (Å²) in [4.78, 5) is 9.39. The van der Waals surface area contributed by atoms with Crippen LogP contribution in [0.15, 0.2) is 72.8 Å². The lowest BCUT2D eigenvalue weighted by atomic mass is 10.1. The van der Waals surface area contributed by atoms with Crippen LogP contribution in [0.25, 0.3) is 10.9 Å². The van der Waals surface area contributed by atoms with Crippen molar-refractivity contribution in [2.75, 3.05) is 31.6 Å². The highest BCUT2D eigenvalue weighted by Crippen LogP contribution is 2.36. The first kappa shape index (κ1) is 26.9. The maximum absolute atomic E-state index is 13.8. The topological polar surface area (TPSA) is 40.6 Å². The van der Waals surface area contributed by atoms with Crippen molar-refractivity contribution in [3.05, 3.63) is 94.6 Å². The number of para-hydroxylation sites is 1. The summed E-state index contributed by atoms with van der Waals surface area (Å²) in [5, 5.41) is 4.76. The van der Waals surface area contributed by atoms with Crippen molar-refractivity contribution in [1.29, 1.82) is 0 Å². The number of piperazine rings is 1. The van der Waals surface area contributed by atoms with E-state index in [1.165, 1.54) is 5.56 Å². The molecule has 1 N–H and O–H groups in total. The van der Waals surface area contributed by atoms with Gasteiger partial charge in [-0.1, -0.05) is 41.9 Å². The number of hydrogen-bond donors (Lipinski definition) is 1. The molecule has 0 saturated carbocycles. The van der Waals surface area contributed by atoms with Crippen LogP contribution in [0.2, 0.25) is 5.02 Å². The Morgan fingerprint density at radius 3 is 2.55 bits per heavy atom. The van der Waals surface area contributed by atoms with Crippen molar-refractivity contribution in [2.45, 2.75) is 38.1 Å². The first-order valence-corrected chi connectivity index (χ1v) is 13.8. The smallest absolute Gasteiger partial charge is 0.416 e. The number of halogens is 4. The number of benzene rings is 3. The Hall–Kier alpha value is -3.33. The summed E-state index contributed by atoms with van der Waals surface area (Å²) in [7, 11) is 0. The third-order valence-corrected chi connectivity index (χ3v) is 7.98. The number of pyridine rings is 1. The molecule has 2 bridgehead atoms. The van der Waals surface area contributed by atoms with Crippen LogP contribution in [0, 0.1) is 6.92 Å². The number of likely N-dealkylation sites (tertiary alicyclic amines) is 2. The van der Waals surface area contributed by atoms with Gasteiger partial charge in [0.15, 0.2) is 0 Å². The summed E-state index contributed by atoms with van der Waals surface area (Å²) in [5.41, 5.74) is 3.02. The highest BCUT2D eigenvalue weighted by Gasteiger charge is 2.42. The van der Waals surface area contributed by atoms with Crippen LogP contribution in [0.4, 0.5) is 24.5 Å². The second-order valence-corrected chi connectivity index (χ2v) is 11.1. The van der Waals surface area contributed by atoms with Gasteiger partial charge in [0.1, 0.15) is 12.4 Å². The molecule has 3 heterocycles. The Morgan fingerprint density at radius 2 is 1.77 bits per heavy atom. The highest BCUT2D eigenvalue weighted by atomic mass is 35.5. The molecule has 1 aromatic heterocycles. The van der Waals surface area contributed by atoms with Crippen molar-refractivity contribution in [3.8, 4) is 5.75 Å². The van der Waals surface area contributed by atoms with E-state index in [0.29, 0.717) is 36.6 Å². The first-order valence-electron chi connectivity index (χ1n) is 13.4. The zero-order valence-corrected chi connectivity index (χ0v) is 22.8. The third kappa shape index (κ3) is 5.89. The molecule has 208 valence electrons. The average Bonchev–Trinajstić information content (AvgIpc) is 3.48. The minimum atomic E-state index is -4.49. The molecule has 0 amide bonds. The molecule has 2 fully saturated rings. The lowest BCUT2D eigenvalue weighted by Crippen LogP contribution is -2.47.